The highest BCUT2D eigenvalue weighted by Gasteiger charge is 2.93. The maximum absolute atomic E-state index is 15.5. The highest BCUT2D eigenvalue weighted by atomic mass is 19.4. The number of hydrogen-bond acceptors (Lipinski definition) is 9. The van der Waals surface area contributed by atoms with Crippen molar-refractivity contribution < 1.29 is 157 Å². The van der Waals surface area contributed by atoms with Gasteiger partial charge in [0.15, 0.2) is 0 Å². The first-order chi connectivity index (χ1) is 42.4. The van der Waals surface area contributed by atoms with Crippen molar-refractivity contribution in [1.82, 2.24) is 0 Å². The quantitative estimate of drug-likeness (QED) is 0.0390. The number of halogens is 26. The predicted molar refractivity (Wildman–Crippen MR) is 270 cm³/mol. The van der Waals surface area contributed by atoms with Crippen molar-refractivity contribution in [2.45, 2.75) is 117 Å². The second-order valence-electron chi connectivity index (χ2n) is 22.9. The van der Waals surface area contributed by atoms with Crippen LogP contribution in [0.2, 0.25) is 0 Å². The Morgan fingerprint density at radius 2 is 0.796 bits per heavy atom. The summed E-state index contributed by atoms with van der Waals surface area (Å²) < 4.78 is 376. The Morgan fingerprint density at radius 1 is 0.398 bits per heavy atom. The van der Waals surface area contributed by atoms with E-state index in [1.54, 1.807) is 42.5 Å². The fourth-order valence-electron chi connectivity index (χ4n) is 12.7. The summed E-state index contributed by atoms with van der Waals surface area (Å²) >= 11 is 0. The normalized spacial score (nSPS) is 28.8. The minimum Gasteiger partial charge on any atom is -0.502 e. The molecule has 4 bridgehead atoms. The average Bonchev–Trinajstić information content (AvgIpc) is 1.46. The first-order valence-corrected chi connectivity index (χ1v) is 27.7. The van der Waals surface area contributed by atoms with Crippen LogP contribution in [0.5, 0.6) is 0 Å². The van der Waals surface area contributed by atoms with Crippen molar-refractivity contribution in [2.24, 2.45) is 82.9 Å². The molecule has 0 saturated heterocycles. The largest absolute Gasteiger partial charge is 0.502 e. The van der Waals surface area contributed by atoms with Crippen LogP contribution in [0.1, 0.15) is 51.0 Å². The van der Waals surface area contributed by atoms with Gasteiger partial charge < -0.3 is 23.7 Å². The topological polar surface area (TPSA) is 114 Å². The van der Waals surface area contributed by atoms with Gasteiger partial charge >= 0.3 is 95.5 Å². The molecule has 0 N–H and O–H groups in total. The molecule has 0 spiro atoms. The molecule has 4 saturated carbocycles. The van der Waals surface area contributed by atoms with E-state index < -0.39 is 162 Å². The molecule has 6 aliphatic carbocycles. The van der Waals surface area contributed by atoms with Gasteiger partial charge in [0.25, 0.3) is 0 Å². The summed E-state index contributed by atoms with van der Waals surface area (Å²) in [4.78, 5) is 48.9. The monoisotopic (exact) mass is 1390 g/mol. The maximum atomic E-state index is 15.5. The zero-order valence-corrected chi connectivity index (χ0v) is 48.7. The van der Waals surface area contributed by atoms with Crippen LogP contribution in [0.15, 0.2) is 85.2 Å². The average molecular weight is 1390 g/mol. The molecule has 0 heterocycles. The van der Waals surface area contributed by atoms with Gasteiger partial charge in [-0.25, -0.2) is 0 Å². The summed E-state index contributed by atoms with van der Waals surface area (Å²) in [5.74, 6) is -91.2. The molecule has 35 heteroatoms. The highest BCUT2D eigenvalue weighted by molar-refractivity contribution is 5.85. The molecule has 526 valence electrons. The lowest BCUT2D eigenvalue weighted by Crippen LogP contribution is -2.71. The van der Waals surface area contributed by atoms with Gasteiger partial charge in [-0.3, -0.25) is 19.2 Å². The molecule has 0 radical (unpaired) electrons. The lowest BCUT2D eigenvalue weighted by molar-refractivity contribution is -0.443. The smallest absolute Gasteiger partial charge is 0.460 e. The molecule has 14 unspecified atom stereocenters. The fourth-order valence-corrected chi connectivity index (χ4v) is 12.7. The summed E-state index contributed by atoms with van der Waals surface area (Å²) in [5.41, 5.74) is 0.728. The van der Waals surface area contributed by atoms with Gasteiger partial charge in [0, 0.05) is 11.8 Å². The number of esters is 4. The van der Waals surface area contributed by atoms with Crippen LogP contribution in [0.4, 0.5) is 114 Å². The number of ether oxygens (including phenoxy) is 5. The van der Waals surface area contributed by atoms with E-state index in [2.05, 4.69) is 0 Å². The van der Waals surface area contributed by atoms with E-state index in [-0.39, 0.29) is 55.1 Å². The standard InChI is InChI=1S/C34H35F13O5.C13H9F13.C11H14O4/c1-4-52-15-14-21-16-20(17-24(21)29(35,36)30(37,38)31(39,40)32(41,42)33(43,44)34(45,46)47)11-13-23-18-22(12-10-19-8-6-5-7-9-19)25(27(48)50-2)26(23)28(49)51-3;14-8(15,7-4-5-1-2-6(7)3-5)9(16,17)10(18,19)11(20,21)12(22,23)13(24,25)26;1-14-10(12)8-6-3-4-7(5-6)9(8)11(13)15-2/h5-15,20-26H,4,16-18H2,1-3H3;1-2,5-7H,3-4H2;3-4,6-9H,5H2,1-2H3/b12-10-,13-11+,15-14-;;. The van der Waals surface area contributed by atoms with E-state index in [4.69, 9.17) is 23.7 Å². The number of benzene rings is 1. The van der Waals surface area contributed by atoms with Crippen LogP contribution >= 0.6 is 0 Å². The number of fused-ring (bicyclic) bond motifs is 4. The number of hydrogen-bond donors (Lipinski definition) is 0. The number of alkyl halides is 26. The van der Waals surface area contributed by atoms with E-state index in [0.29, 0.717) is 0 Å². The molecule has 93 heavy (non-hydrogen) atoms. The molecule has 1 aromatic carbocycles. The Balaban J connectivity index is 0.000000311. The molecule has 0 amide bonds. The summed E-state index contributed by atoms with van der Waals surface area (Å²) in [5, 5.41) is 0. The van der Waals surface area contributed by atoms with Crippen LogP contribution in [0, 0.1) is 82.9 Å². The van der Waals surface area contributed by atoms with Gasteiger partial charge in [-0.2, -0.15) is 114 Å². The summed E-state index contributed by atoms with van der Waals surface area (Å²) in [6.45, 7) is 1.32. The van der Waals surface area contributed by atoms with Gasteiger partial charge in [0.2, 0.25) is 0 Å². The van der Waals surface area contributed by atoms with Gasteiger partial charge in [-0.15, -0.1) is 0 Å². The fraction of sp³-hybridized carbons (Fsp3) is 0.655. The molecule has 9 nitrogen and oxygen atoms in total. The number of methoxy groups -OCH3 is 4. The molecular weight excluding hydrogens is 1330 g/mol. The van der Waals surface area contributed by atoms with E-state index in [1.807, 2.05) is 12.2 Å². The maximum Gasteiger partial charge on any atom is 0.460 e. The Kier molecular flexibility index (Phi) is 22.9. The van der Waals surface area contributed by atoms with E-state index in [1.165, 1.54) is 39.4 Å². The van der Waals surface area contributed by atoms with Crippen molar-refractivity contribution >= 4 is 30.0 Å². The molecule has 1 aromatic rings. The van der Waals surface area contributed by atoms with Crippen LogP contribution in [0.25, 0.3) is 6.08 Å². The van der Waals surface area contributed by atoms with Gasteiger partial charge in [-0.05, 0) is 104 Å². The van der Waals surface area contributed by atoms with Gasteiger partial charge in [0.1, 0.15) is 0 Å². The van der Waals surface area contributed by atoms with Crippen molar-refractivity contribution in [3.8, 4) is 0 Å². The third-order valence-corrected chi connectivity index (χ3v) is 17.5. The second kappa shape index (κ2) is 27.5. The van der Waals surface area contributed by atoms with Crippen LogP contribution in [-0.2, 0) is 42.9 Å². The van der Waals surface area contributed by atoms with Crippen molar-refractivity contribution in [3.63, 3.8) is 0 Å². The lowest BCUT2D eigenvalue weighted by atomic mass is 9.81. The Bertz CT molecular complexity index is 2910. The summed E-state index contributed by atoms with van der Waals surface area (Å²) in [7, 11) is 4.82. The van der Waals surface area contributed by atoms with Crippen LogP contribution < -0.4 is 0 Å². The lowest BCUT2D eigenvalue weighted by Gasteiger charge is -2.42. The summed E-state index contributed by atoms with van der Waals surface area (Å²) in [6.07, 6.45) is -3.17. The zero-order chi connectivity index (χ0) is 71.1. The minimum absolute atomic E-state index is 0.0616. The molecule has 6 aliphatic rings. The van der Waals surface area contributed by atoms with E-state index in [0.717, 1.165) is 44.6 Å². The zero-order valence-electron chi connectivity index (χ0n) is 48.7. The highest BCUT2D eigenvalue weighted by Crippen LogP contribution is 2.66. The molecule has 0 aromatic heterocycles. The molecule has 7 rings (SSSR count). The van der Waals surface area contributed by atoms with Gasteiger partial charge in [0.05, 0.1) is 65.0 Å². The van der Waals surface area contributed by atoms with Crippen molar-refractivity contribution in [2.75, 3.05) is 35.0 Å². The molecule has 14 atom stereocenters. The molecule has 0 aliphatic heterocycles. The third-order valence-electron chi connectivity index (χ3n) is 17.5. The number of allylic oxidation sites excluding steroid dienone is 8. The predicted octanol–water partition coefficient (Wildman–Crippen LogP) is 16.1. The molecule has 4 fully saturated rings. The first-order valence-electron chi connectivity index (χ1n) is 27.7. The van der Waals surface area contributed by atoms with Crippen molar-refractivity contribution in [3.05, 3.63) is 90.8 Å². The SMILES string of the molecule is CCO/C=C\C1CC(/C=C/C2CC(/C=C\c3ccccc3)C(C(=O)OC)C2C(=O)OC)CC1C(F)(F)C(F)(F)C(F)(F)C(F)(F)C(F)(F)C(F)(F)F.COC(=O)C1C2C=CC(C2)C1C(=O)OC.FC(F)(F)C(F)(F)C(F)(F)C(F)(F)C(F)(F)C(F)(F)C1CC2C=CC1C2. The van der Waals surface area contributed by atoms with Crippen molar-refractivity contribution in [1.29, 1.82) is 0 Å². The van der Waals surface area contributed by atoms with E-state index in [9.17, 15) is 125 Å². The second-order valence-corrected chi connectivity index (χ2v) is 22.9. The van der Waals surface area contributed by atoms with Crippen LogP contribution in [0.3, 0.4) is 0 Å². The minimum atomic E-state index is -8.01. The van der Waals surface area contributed by atoms with E-state index >= 15 is 8.78 Å². The Hall–Kier alpha value is -6.22. The Morgan fingerprint density at radius 3 is 1.18 bits per heavy atom. The van der Waals surface area contributed by atoms with Gasteiger partial charge in [-0.1, -0.05) is 78.9 Å². The Labute approximate surface area is 511 Å². The summed E-state index contributed by atoms with van der Waals surface area (Å²) in [6, 6.07) is 8.74. The number of carbonyl (C=O) groups is 4. The number of carbonyl (C=O) groups excluding carboxylic acids is 4. The molecular formula is C58H58F26O9. The van der Waals surface area contributed by atoms with Crippen LogP contribution in [-0.4, -0.2) is 131 Å². The number of rotatable bonds is 21. The third kappa shape index (κ3) is 13.8. The first kappa shape index (κ1) is 77.5.